The maximum atomic E-state index is 11.9. The third kappa shape index (κ3) is 8.44. The number of carbonyl (C=O) groups excluding carboxylic acids is 1. The van der Waals surface area contributed by atoms with E-state index in [0.29, 0.717) is 11.5 Å². The zero-order valence-electron chi connectivity index (χ0n) is 13.9. The molecule has 2 unspecified atom stereocenters. The van der Waals surface area contributed by atoms with Gasteiger partial charge in [0.1, 0.15) is 0 Å². The van der Waals surface area contributed by atoms with Crippen molar-refractivity contribution in [1.29, 1.82) is 0 Å². The summed E-state index contributed by atoms with van der Waals surface area (Å²) in [6.07, 6.45) is 2.88. The molecular formula is C18H29NO2S. The number of thioether (sulfide) groups is 1. The molecule has 1 aromatic rings. The first-order chi connectivity index (χ1) is 10.5. The lowest BCUT2D eigenvalue weighted by molar-refractivity contribution is -0.119. The van der Waals surface area contributed by atoms with Crippen molar-refractivity contribution >= 4 is 17.7 Å². The number of aliphatic hydroxyl groups is 1. The highest BCUT2D eigenvalue weighted by Gasteiger charge is 2.11. The number of aliphatic hydroxyl groups excluding tert-OH is 1. The number of hydrogen-bond donors (Lipinski definition) is 2. The summed E-state index contributed by atoms with van der Waals surface area (Å²) in [6, 6.07) is 9.79. The van der Waals surface area contributed by atoms with Crippen LogP contribution in [0.15, 0.2) is 30.3 Å². The summed E-state index contributed by atoms with van der Waals surface area (Å²) in [5, 5.41) is 13.1. The van der Waals surface area contributed by atoms with Crippen molar-refractivity contribution < 1.29 is 9.90 Å². The second-order valence-electron chi connectivity index (χ2n) is 6.23. The predicted octanol–water partition coefficient (Wildman–Crippen LogP) is 3.78. The lowest BCUT2D eigenvalue weighted by Crippen LogP contribution is -2.34. The standard InChI is InChI=1S/C18H29NO2S/c1-14(2)8-7-9-15(3)19-18(21)13-22-12-17(20)16-10-5-4-6-11-16/h4-6,10-11,14-15,17,20H,7-9,12-13H2,1-3H3,(H,19,21). The van der Waals surface area contributed by atoms with Crippen LogP contribution >= 0.6 is 11.8 Å². The molecule has 0 aromatic heterocycles. The number of benzene rings is 1. The molecule has 0 aliphatic rings. The van der Waals surface area contributed by atoms with E-state index < -0.39 is 6.10 Å². The van der Waals surface area contributed by atoms with Gasteiger partial charge in [-0.25, -0.2) is 0 Å². The van der Waals surface area contributed by atoms with E-state index in [1.807, 2.05) is 30.3 Å². The van der Waals surface area contributed by atoms with E-state index in [4.69, 9.17) is 0 Å². The van der Waals surface area contributed by atoms with Crippen LogP contribution in [0.3, 0.4) is 0 Å². The fourth-order valence-electron chi connectivity index (χ4n) is 2.26. The lowest BCUT2D eigenvalue weighted by Gasteiger charge is -2.15. The molecule has 3 nitrogen and oxygen atoms in total. The maximum absolute atomic E-state index is 11.9. The quantitative estimate of drug-likeness (QED) is 0.689. The average Bonchev–Trinajstić information content (AvgIpc) is 2.47. The Morgan fingerprint density at radius 2 is 1.86 bits per heavy atom. The molecule has 0 radical (unpaired) electrons. The van der Waals surface area contributed by atoms with Gasteiger partial charge < -0.3 is 10.4 Å². The fourth-order valence-corrected chi connectivity index (χ4v) is 3.06. The first-order valence-corrected chi connectivity index (χ1v) is 9.24. The molecule has 22 heavy (non-hydrogen) atoms. The van der Waals surface area contributed by atoms with Crippen molar-refractivity contribution in [3.63, 3.8) is 0 Å². The van der Waals surface area contributed by atoms with E-state index in [-0.39, 0.29) is 11.9 Å². The van der Waals surface area contributed by atoms with E-state index in [1.54, 1.807) is 0 Å². The van der Waals surface area contributed by atoms with Crippen molar-refractivity contribution in [3.05, 3.63) is 35.9 Å². The molecule has 2 N–H and O–H groups in total. The van der Waals surface area contributed by atoms with Gasteiger partial charge in [-0.1, -0.05) is 57.0 Å². The molecule has 124 valence electrons. The molecule has 2 atom stereocenters. The summed E-state index contributed by atoms with van der Waals surface area (Å²) in [7, 11) is 0. The Hall–Kier alpha value is -1.00. The van der Waals surface area contributed by atoms with E-state index in [9.17, 15) is 9.90 Å². The van der Waals surface area contributed by atoms with Crippen molar-refractivity contribution in [2.24, 2.45) is 5.92 Å². The molecule has 0 fully saturated rings. The van der Waals surface area contributed by atoms with Gasteiger partial charge in [0.25, 0.3) is 0 Å². The predicted molar refractivity (Wildman–Crippen MR) is 95.0 cm³/mol. The zero-order valence-corrected chi connectivity index (χ0v) is 14.7. The molecule has 0 heterocycles. The Morgan fingerprint density at radius 1 is 1.18 bits per heavy atom. The second-order valence-corrected chi connectivity index (χ2v) is 7.27. The molecule has 0 aliphatic heterocycles. The van der Waals surface area contributed by atoms with Crippen LogP contribution in [-0.2, 0) is 4.79 Å². The monoisotopic (exact) mass is 323 g/mol. The lowest BCUT2D eigenvalue weighted by atomic mass is 10.0. The summed E-state index contributed by atoms with van der Waals surface area (Å²) in [4.78, 5) is 11.9. The van der Waals surface area contributed by atoms with Gasteiger partial charge in [-0.2, -0.15) is 0 Å². The topological polar surface area (TPSA) is 49.3 Å². The third-order valence-corrected chi connectivity index (χ3v) is 4.54. The minimum absolute atomic E-state index is 0.0577. The summed E-state index contributed by atoms with van der Waals surface area (Å²) >= 11 is 1.47. The Bertz CT molecular complexity index is 422. The van der Waals surface area contributed by atoms with Gasteiger partial charge in [-0.05, 0) is 24.8 Å². The first-order valence-electron chi connectivity index (χ1n) is 8.09. The molecule has 0 aliphatic carbocycles. The van der Waals surface area contributed by atoms with E-state index in [0.717, 1.165) is 24.3 Å². The van der Waals surface area contributed by atoms with Crippen LogP contribution in [0.5, 0.6) is 0 Å². The van der Waals surface area contributed by atoms with Crippen molar-refractivity contribution in [2.75, 3.05) is 11.5 Å². The van der Waals surface area contributed by atoms with Crippen LogP contribution in [0.1, 0.15) is 51.7 Å². The summed E-state index contributed by atoms with van der Waals surface area (Å²) in [5.74, 6) is 1.72. The van der Waals surface area contributed by atoms with Gasteiger partial charge in [0.2, 0.25) is 5.91 Å². The largest absolute Gasteiger partial charge is 0.388 e. The van der Waals surface area contributed by atoms with Crippen molar-refractivity contribution in [2.45, 2.75) is 52.2 Å². The zero-order chi connectivity index (χ0) is 16.4. The molecule has 0 bridgehead atoms. The van der Waals surface area contributed by atoms with Gasteiger partial charge in [-0.3, -0.25) is 4.79 Å². The number of hydrogen-bond acceptors (Lipinski definition) is 3. The summed E-state index contributed by atoms with van der Waals surface area (Å²) in [6.45, 7) is 6.50. The minimum Gasteiger partial charge on any atom is -0.388 e. The summed E-state index contributed by atoms with van der Waals surface area (Å²) < 4.78 is 0. The smallest absolute Gasteiger partial charge is 0.230 e. The summed E-state index contributed by atoms with van der Waals surface area (Å²) in [5.41, 5.74) is 0.900. The Morgan fingerprint density at radius 3 is 2.50 bits per heavy atom. The molecule has 1 aromatic carbocycles. The first kappa shape index (κ1) is 19.0. The Kier molecular flexibility index (Phi) is 9.25. The molecule has 0 saturated carbocycles. The number of nitrogens with one attached hydrogen (secondary N) is 1. The van der Waals surface area contributed by atoms with E-state index in [2.05, 4.69) is 26.1 Å². The number of carbonyl (C=O) groups is 1. The minimum atomic E-state index is -0.512. The van der Waals surface area contributed by atoms with Gasteiger partial charge in [-0.15, -0.1) is 11.8 Å². The maximum Gasteiger partial charge on any atom is 0.230 e. The van der Waals surface area contributed by atoms with Crippen LogP contribution in [0.2, 0.25) is 0 Å². The molecule has 0 spiro atoms. The molecule has 1 amide bonds. The normalized spacial score (nSPS) is 13.9. The van der Waals surface area contributed by atoms with Gasteiger partial charge >= 0.3 is 0 Å². The molecule has 0 saturated heterocycles. The fraction of sp³-hybridized carbons (Fsp3) is 0.611. The van der Waals surface area contributed by atoms with Gasteiger partial charge in [0.15, 0.2) is 0 Å². The highest BCUT2D eigenvalue weighted by atomic mass is 32.2. The van der Waals surface area contributed by atoms with Crippen LogP contribution in [0.4, 0.5) is 0 Å². The Balaban J connectivity index is 2.15. The van der Waals surface area contributed by atoms with Crippen molar-refractivity contribution in [3.8, 4) is 0 Å². The number of rotatable bonds is 10. The van der Waals surface area contributed by atoms with Gasteiger partial charge in [0, 0.05) is 11.8 Å². The van der Waals surface area contributed by atoms with Gasteiger partial charge in [0.05, 0.1) is 11.9 Å². The molecule has 1 rings (SSSR count). The Labute approximate surface area is 138 Å². The SMILES string of the molecule is CC(C)CCCC(C)NC(=O)CSCC(O)c1ccccc1. The molecule has 4 heteroatoms. The van der Waals surface area contributed by atoms with Crippen LogP contribution in [0, 0.1) is 5.92 Å². The highest BCUT2D eigenvalue weighted by molar-refractivity contribution is 7.99. The third-order valence-electron chi connectivity index (χ3n) is 3.52. The average molecular weight is 324 g/mol. The van der Waals surface area contributed by atoms with Crippen molar-refractivity contribution in [1.82, 2.24) is 5.32 Å². The van der Waals surface area contributed by atoms with Crippen LogP contribution in [-0.4, -0.2) is 28.6 Å². The van der Waals surface area contributed by atoms with E-state index in [1.165, 1.54) is 18.2 Å². The highest BCUT2D eigenvalue weighted by Crippen LogP contribution is 2.17. The molecular weight excluding hydrogens is 294 g/mol. The van der Waals surface area contributed by atoms with Crippen LogP contribution < -0.4 is 5.32 Å². The van der Waals surface area contributed by atoms with Crippen LogP contribution in [0.25, 0.3) is 0 Å². The van der Waals surface area contributed by atoms with E-state index >= 15 is 0 Å². The second kappa shape index (κ2) is 10.7. The number of amides is 1.